The number of halogens is 1. The van der Waals surface area contributed by atoms with Gasteiger partial charge in [-0.1, -0.05) is 13.8 Å². The first kappa shape index (κ1) is 18.6. The lowest BCUT2D eigenvalue weighted by atomic mass is 9.75. The predicted molar refractivity (Wildman–Crippen MR) is 77.5 cm³/mol. The Balaban J connectivity index is 2.26. The van der Waals surface area contributed by atoms with Crippen molar-refractivity contribution in [2.45, 2.75) is 45.2 Å². The molecule has 2 aliphatic carbocycles. The summed E-state index contributed by atoms with van der Waals surface area (Å²) in [5.74, 6) is -6.63. The SMILES string of the molecule is CC(C)COC(C)OC(=O)[C@]1(C(=O)O)[C@@H](F)C[C@@H]2[C@H](C(=O)O)[C@@]21N. The molecule has 8 nitrogen and oxygen atoms in total. The largest absolute Gasteiger partial charge is 0.481 e. The van der Waals surface area contributed by atoms with Crippen LogP contribution in [0, 0.1) is 23.2 Å². The molecule has 2 rings (SSSR count). The third-order valence-electron chi connectivity index (χ3n) is 4.90. The van der Waals surface area contributed by atoms with E-state index >= 15 is 0 Å². The molecule has 0 aromatic carbocycles. The van der Waals surface area contributed by atoms with Gasteiger partial charge < -0.3 is 25.4 Å². The summed E-state index contributed by atoms with van der Waals surface area (Å²) in [6.45, 7) is 5.36. The van der Waals surface area contributed by atoms with Crippen LogP contribution in [0.5, 0.6) is 0 Å². The number of hydrogen-bond acceptors (Lipinski definition) is 6. The Morgan fingerprint density at radius 3 is 2.33 bits per heavy atom. The van der Waals surface area contributed by atoms with Crippen LogP contribution in [0.1, 0.15) is 27.2 Å². The predicted octanol–water partition coefficient (Wildman–Crippen LogP) is 0.389. The summed E-state index contributed by atoms with van der Waals surface area (Å²) in [5, 5.41) is 18.7. The van der Waals surface area contributed by atoms with Gasteiger partial charge in [0.15, 0.2) is 6.29 Å². The van der Waals surface area contributed by atoms with Gasteiger partial charge >= 0.3 is 17.9 Å². The van der Waals surface area contributed by atoms with Gasteiger partial charge in [-0.15, -0.1) is 0 Å². The van der Waals surface area contributed by atoms with E-state index in [0.717, 1.165) is 0 Å². The minimum absolute atomic E-state index is 0.144. The number of rotatable bonds is 7. The fraction of sp³-hybridized carbons (Fsp3) is 0.800. The van der Waals surface area contributed by atoms with Gasteiger partial charge in [-0.05, 0) is 25.2 Å². The number of nitrogens with two attached hydrogens (primary N) is 1. The Labute approximate surface area is 138 Å². The summed E-state index contributed by atoms with van der Waals surface area (Å²) in [6.07, 6.45) is -3.63. The lowest BCUT2D eigenvalue weighted by molar-refractivity contribution is -0.198. The number of carbonyl (C=O) groups is 3. The topological polar surface area (TPSA) is 136 Å². The van der Waals surface area contributed by atoms with Crippen LogP contribution >= 0.6 is 0 Å². The van der Waals surface area contributed by atoms with Crippen LogP contribution in [-0.2, 0) is 23.9 Å². The zero-order valence-electron chi connectivity index (χ0n) is 13.7. The van der Waals surface area contributed by atoms with Gasteiger partial charge in [0, 0.05) is 0 Å². The van der Waals surface area contributed by atoms with Crippen LogP contribution in [0.3, 0.4) is 0 Å². The summed E-state index contributed by atoms with van der Waals surface area (Å²) in [7, 11) is 0. The zero-order chi connectivity index (χ0) is 18.4. The van der Waals surface area contributed by atoms with Crippen molar-refractivity contribution in [2.24, 2.45) is 28.9 Å². The monoisotopic (exact) mass is 347 g/mol. The molecule has 0 heterocycles. The van der Waals surface area contributed by atoms with E-state index < -0.39 is 59.6 Å². The van der Waals surface area contributed by atoms with Crippen LogP contribution in [0.15, 0.2) is 0 Å². The van der Waals surface area contributed by atoms with Gasteiger partial charge in [0.05, 0.1) is 18.1 Å². The van der Waals surface area contributed by atoms with Crippen LogP contribution < -0.4 is 5.73 Å². The maximum atomic E-state index is 14.5. The number of fused-ring (bicyclic) bond motifs is 1. The number of esters is 1. The molecule has 0 aromatic rings. The molecular weight excluding hydrogens is 325 g/mol. The number of ether oxygens (including phenoxy) is 2. The summed E-state index contributed by atoms with van der Waals surface area (Å²) in [6, 6.07) is 0. The van der Waals surface area contributed by atoms with Gasteiger partial charge in [0.25, 0.3) is 0 Å². The Kier molecular flexibility index (Phi) is 4.62. The number of carbonyl (C=O) groups excluding carboxylic acids is 1. The van der Waals surface area contributed by atoms with E-state index in [1.54, 1.807) is 0 Å². The quantitative estimate of drug-likeness (QED) is 0.342. The van der Waals surface area contributed by atoms with E-state index in [9.17, 15) is 23.9 Å². The van der Waals surface area contributed by atoms with Crippen molar-refractivity contribution in [3.8, 4) is 0 Å². The Morgan fingerprint density at radius 2 is 1.88 bits per heavy atom. The highest BCUT2D eigenvalue weighted by Crippen LogP contribution is 2.69. The Morgan fingerprint density at radius 1 is 1.29 bits per heavy atom. The number of carboxylic acids is 2. The van der Waals surface area contributed by atoms with Crippen molar-refractivity contribution in [1.29, 1.82) is 0 Å². The lowest BCUT2D eigenvalue weighted by Crippen LogP contribution is -2.61. The number of alkyl halides is 1. The van der Waals surface area contributed by atoms with E-state index in [4.69, 9.17) is 20.3 Å². The standard InChI is InChI=1S/C15H22FNO7/c1-6(2)5-23-7(3)24-13(22)14(12(20)21)9(16)4-8-10(11(18)19)15(8,14)17/h6-10H,4-5,17H2,1-3H3,(H,18,19)(H,20,21)/t7?,8-,9+,10-,14-,15+/m1/s1. The normalized spacial score (nSPS) is 38.5. The summed E-state index contributed by atoms with van der Waals surface area (Å²) >= 11 is 0. The number of carboxylic acid groups (broad SMARTS) is 2. The Hall–Kier alpha value is -1.74. The molecule has 0 saturated heterocycles. The van der Waals surface area contributed by atoms with Crippen LogP contribution in [0.2, 0.25) is 0 Å². The molecule has 0 bridgehead atoms. The molecule has 136 valence electrons. The summed E-state index contributed by atoms with van der Waals surface area (Å²) in [5.41, 5.74) is 1.18. The maximum absolute atomic E-state index is 14.5. The average Bonchev–Trinajstić information content (AvgIpc) is 2.93. The molecule has 2 fully saturated rings. The molecule has 2 saturated carbocycles. The maximum Gasteiger partial charge on any atom is 0.330 e. The molecule has 6 atom stereocenters. The highest BCUT2D eigenvalue weighted by Gasteiger charge is 2.88. The molecule has 0 aromatic heterocycles. The zero-order valence-corrected chi connectivity index (χ0v) is 13.7. The second-order valence-corrected chi connectivity index (χ2v) is 6.87. The van der Waals surface area contributed by atoms with Crippen molar-refractivity contribution < 1.29 is 38.5 Å². The molecule has 4 N–H and O–H groups in total. The van der Waals surface area contributed by atoms with Crippen molar-refractivity contribution in [3.63, 3.8) is 0 Å². The minimum Gasteiger partial charge on any atom is -0.481 e. The first-order chi connectivity index (χ1) is 11.0. The third-order valence-corrected chi connectivity index (χ3v) is 4.90. The first-order valence-electron chi connectivity index (χ1n) is 7.73. The van der Waals surface area contributed by atoms with E-state index in [1.165, 1.54) is 6.92 Å². The van der Waals surface area contributed by atoms with Crippen LogP contribution in [0.4, 0.5) is 4.39 Å². The Bertz CT molecular complexity index is 568. The third kappa shape index (κ3) is 2.37. The molecule has 0 spiro atoms. The van der Waals surface area contributed by atoms with Crippen molar-refractivity contribution in [3.05, 3.63) is 0 Å². The van der Waals surface area contributed by atoms with Gasteiger partial charge in [-0.3, -0.25) is 14.4 Å². The first-order valence-corrected chi connectivity index (χ1v) is 7.73. The number of hydrogen-bond donors (Lipinski definition) is 3. The molecule has 9 heteroatoms. The fourth-order valence-corrected chi connectivity index (χ4v) is 3.71. The van der Waals surface area contributed by atoms with Crippen LogP contribution in [-0.4, -0.2) is 52.7 Å². The van der Waals surface area contributed by atoms with E-state index in [1.807, 2.05) is 13.8 Å². The molecule has 0 aliphatic heterocycles. The van der Waals surface area contributed by atoms with Gasteiger partial charge in [-0.2, -0.15) is 0 Å². The lowest BCUT2D eigenvalue weighted by Gasteiger charge is -2.33. The molecular formula is C15H22FNO7. The summed E-state index contributed by atoms with van der Waals surface area (Å²) < 4.78 is 24.7. The van der Waals surface area contributed by atoms with Gasteiger partial charge in [0.2, 0.25) is 5.41 Å². The van der Waals surface area contributed by atoms with Crippen molar-refractivity contribution in [2.75, 3.05) is 6.61 Å². The molecule has 24 heavy (non-hydrogen) atoms. The minimum atomic E-state index is -2.74. The van der Waals surface area contributed by atoms with Crippen LogP contribution in [0.25, 0.3) is 0 Å². The van der Waals surface area contributed by atoms with Crippen molar-refractivity contribution >= 4 is 17.9 Å². The van der Waals surface area contributed by atoms with E-state index in [-0.39, 0.29) is 12.5 Å². The second-order valence-electron chi connectivity index (χ2n) is 6.87. The molecule has 2 aliphatic rings. The van der Waals surface area contributed by atoms with Crippen molar-refractivity contribution in [1.82, 2.24) is 0 Å². The number of aliphatic carboxylic acids is 2. The van der Waals surface area contributed by atoms with Gasteiger partial charge in [0.1, 0.15) is 6.17 Å². The highest BCUT2D eigenvalue weighted by molar-refractivity contribution is 6.05. The highest BCUT2D eigenvalue weighted by atomic mass is 19.1. The second kappa shape index (κ2) is 5.96. The smallest absolute Gasteiger partial charge is 0.330 e. The van der Waals surface area contributed by atoms with E-state index in [0.29, 0.717) is 0 Å². The molecule has 1 unspecified atom stereocenters. The summed E-state index contributed by atoms with van der Waals surface area (Å²) in [4.78, 5) is 35.5. The van der Waals surface area contributed by atoms with E-state index in [2.05, 4.69) is 0 Å². The average molecular weight is 347 g/mol. The van der Waals surface area contributed by atoms with Gasteiger partial charge in [-0.25, -0.2) is 4.39 Å². The fourth-order valence-electron chi connectivity index (χ4n) is 3.71. The molecule has 0 amide bonds. The molecule has 0 radical (unpaired) electrons.